The van der Waals surface area contributed by atoms with E-state index in [4.69, 9.17) is 16.0 Å². The molecule has 1 aliphatic rings. The van der Waals surface area contributed by atoms with Crippen LogP contribution in [-0.4, -0.2) is 61.7 Å². The number of hydrogen-bond donors (Lipinski definition) is 1. The number of quaternary nitrogens is 1. The Balaban J connectivity index is 1.78. The van der Waals surface area contributed by atoms with Gasteiger partial charge in [0.25, 0.3) is 11.8 Å². The zero-order valence-corrected chi connectivity index (χ0v) is 16.9. The van der Waals surface area contributed by atoms with Crippen molar-refractivity contribution in [3.8, 4) is 0 Å². The van der Waals surface area contributed by atoms with Gasteiger partial charge in [-0.25, -0.2) is 5.01 Å². The van der Waals surface area contributed by atoms with Crippen molar-refractivity contribution in [3.63, 3.8) is 0 Å². The Morgan fingerprint density at radius 3 is 2.57 bits per heavy atom. The Morgan fingerprint density at radius 1 is 1.25 bits per heavy atom. The van der Waals surface area contributed by atoms with Crippen LogP contribution in [0, 0.1) is 0 Å². The molecular formula is C20H24ClN4O3+. The molecule has 0 bridgehead atoms. The van der Waals surface area contributed by atoms with Gasteiger partial charge in [-0.3, -0.25) is 9.59 Å². The Kier molecular flexibility index (Phi) is 6.16. The molecule has 0 fully saturated rings. The van der Waals surface area contributed by atoms with E-state index in [0.29, 0.717) is 17.2 Å². The lowest BCUT2D eigenvalue weighted by molar-refractivity contribution is -0.863. The third kappa shape index (κ3) is 4.61. The van der Waals surface area contributed by atoms with Crippen LogP contribution >= 0.6 is 11.6 Å². The molecule has 2 atom stereocenters. The number of hydrogen-bond acceptors (Lipinski definition) is 4. The van der Waals surface area contributed by atoms with Gasteiger partial charge in [0.2, 0.25) is 0 Å². The molecule has 1 aromatic heterocycles. The van der Waals surface area contributed by atoms with Crippen LogP contribution in [-0.2, 0) is 9.59 Å². The standard InChI is InChI=1S/C20H23ClN4O3/c1-23(2)19(26)12-24(3)13-20(27)25-17(18-5-4-10-28-18)11-16(22-25)14-6-8-15(21)9-7-14/h4-10,17H,11-13H2,1-3H3/p+1/t17-/m1/s1. The Labute approximate surface area is 169 Å². The summed E-state index contributed by atoms with van der Waals surface area (Å²) in [5, 5.41) is 6.71. The minimum Gasteiger partial charge on any atom is -0.467 e. The molecule has 28 heavy (non-hydrogen) atoms. The molecule has 0 saturated carbocycles. The zero-order chi connectivity index (χ0) is 20.3. The number of halogens is 1. The maximum absolute atomic E-state index is 13.0. The lowest BCUT2D eigenvalue weighted by Gasteiger charge is -2.22. The molecule has 1 unspecified atom stereocenters. The predicted octanol–water partition coefficient (Wildman–Crippen LogP) is 1.21. The third-order valence-electron chi connectivity index (χ3n) is 4.62. The van der Waals surface area contributed by atoms with E-state index in [1.807, 2.05) is 25.2 Å². The molecule has 3 rings (SSSR count). The van der Waals surface area contributed by atoms with Crippen LogP contribution < -0.4 is 4.90 Å². The van der Waals surface area contributed by atoms with Crippen molar-refractivity contribution in [1.82, 2.24) is 9.91 Å². The zero-order valence-electron chi connectivity index (χ0n) is 16.2. The van der Waals surface area contributed by atoms with Gasteiger partial charge in [0.05, 0.1) is 19.0 Å². The minimum atomic E-state index is -0.300. The maximum atomic E-state index is 13.0. The Morgan fingerprint density at radius 2 is 1.96 bits per heavy atom. The largest absolute Gasteiger partial charge is 0.467 e. The molecule has 2 aromatic rings. The average molecular weight is 404 g/mol. The van der Waals surface area contributed by atoms with Crippen LogP contribution in [0.1, 0.15) is 23.8 Å². The molecule has 0 radical (unpaired) electrons. The van der Waals surface area contributed by atoms with Crippen molar-refractivity contribution in [1.29, 1.82) is 0 Å². The molecule has 0 saturated heterocycles. The van der Waals surface area contributed by atoms with Gasteiger partial charge in [-0.2, -0.15) is 5.10 Å². The highest BCUT2D eigenvalue weighted by Gasteiger charge is 2.36. The van der Waals surface area contributed by atoms with E-state index in [1.165, 1.54) is 9.91 Å². The van der Waals surface area contributed by atoms with Crippen molar-refractivity contribution in [2.24, 2.45) is 5.10 Å². The summed E-state index contributed by atoms with van der Waals surface area (Å²) in [4.78, 5) is 27.2. The van der Waals surface area contributed by atoms with Crippen LogP contribution in [0.2, 0.25) is 5.02 Å². The fraction of sp³-hybridized carbons (Fsp3) is 0.350. The second kappa shape index (κ2) is 8.58. The van der Waals surface area contributed by atoms with Gasteiger partial charge in [0, 0.05) is 25.5 Å². The van der Waals surface area contributed by atoms with Gasteiger partial charge in [0.15, 0.2) is 13.1 Å². The van der Waals surface area contributed by atoms with Gasteiger partial charge >= 0.3 is 0 Å². The first kappa shape index (κ1) is 20.1. The highest BCUT2D eigenvalue weighted by Crippen LogP contribution is 2.33. The van der Waals surface area contributed by atoms with E-state index in [0.717, 1.165) is 16.2 Å². The predicted molar refractivity (Wildman–Crippen MR) is 106 cm³/mol. The smallest absolute Gasteiger partial charge is 0.298 e. The van der Waals surface area contributed by atoms with E-state index in [2.05, 4.69) is 5.10 Å². The summed E-state index contributed by atoms with van der Waals surface area (Å²) >= 11 is 5.98. The quantitative estimate of drug-likeness (QED) is 0.788. The normalized spacial score (nSPS) is 17.4. The third-order valence-corrected chi connectivity index (χ3v) is 4.87. The minimum absolute atomic E-state index is 0.0281. The lowest BCUT2D eigenvalue weighted by Crippen LogP contribution is -3.11. The average Bonchev–Trinajstić information content (AvgIpc) is 3.31. The summed E-state index contributed by atoms with van der Waals surface area (Å²) < 4.78 is 5.55. The summed E-state index contributed by atoms with van der Waals surface area (Å²) in [5.41, 5.74) is 1.72. The van der Waals surface area contributed by atoms with Crippen molar-refractivity contribution in [3.05, 3.63) is 59.0 Å². The second-order valence-corrected chi connectivity index (χ2v) is 7.56. The van der Waals surface area contributed by atoms with Gasteiger partial charge in [0.1, 0.15) is 11.8 Å². The molecule has 1 aromatic carbocycles. The van der Waals surface area contributed by atoms with Crippen molar-refractivity contribution >= 4 is 29.1 Å². The molecule has 148 valence electrons. The van der Waals surface area contributed by atoms with Gasteiger partial charge in [-0.1, -0.05) is 23.7 Å². The fourth-order valence-electron chi connectivity index (χ4n) is 3.08. The van der Waals surface area contributed by atoms with Crippen molar-refractivity contribution < 1.29 is 18.9 Å². The number of carbonyl (C=O) groups is 2. The number of benzene rings is 1. The highest BCUT2D eigenvalue weighted by atomic mass is 35.5. The summed E-state index contributed by atoms with van der Waals surface area (Å²) in [6, 6.07) is 10.7. The summed E-state index contributed by atoms with van der Waals surface area (Å²) in [7, 11) is 5.22. The van der Waals surface area contributed by atoms with Crippen LogP contribution in [0.25, 0.3) is 0 Å². The topological polar surface area (TPSA) is 70.6 Å². The van der Waals surface area contributed by atoms with E-state index >= 15 is 0 Å². The Hall–Kier alpha value is -2.64. The van der Waals surface area contributed by atoms with Crippen molar-refractivity contribution in [2.75, 3.05) is 34.2 Å². The molecule has 1 N–H and O–H groups in total. The number of furan rings is 1. The van der Waals surface area contributed by atoms with E-state index in [1.54, 1.807) is 38.6 Å². The number of rotatable bonds is 6. The van der Waals surface area contributed by atoms with E-state index < -0.39 is 0 Å². The lowest BCUT2D eigenvalue weighted by atomic mass is 10.0. The Bertz CT molecular complexity index is 862. The molecule has 2 amide bonds. The number of nitrogens with zero attached hydrogens (tertiary/aromatic N) is 3. The first-order valence-corrected chi connectivity index (χ1v) is 9.43. The van der Waals surface area contributed by atoms with Gasteiger partial charge < -0.3 is 14.2 Å². The first-order chi connectivity index (χ1) is 13.3. The molecule has 2 heterocycles. The maximum Gasteiger partial charge on any atom is 0.298 e. The van der Waals surface area contributed by atoms with Gasteiger partial charge in [-0.15, -0.1) is 0 Å². The SMILES string of the molecule is CN(C)C(=O)C[NH+](C)CC(=O)N1N=C(c2ccc(Cl)cc2)C[C@@H]1c1ccco1. The summed E-state index contributed by atoms with van der Waals surface area (Å²) in [6.45, 7) is 0.403. The van der Waals surface area contributed by atoms with Gasteiger partial charge in [-0.05, 0) is 29.8 Å². The molecular weight excluding hydrogens is 380 g/mol. The number of carbonyl (C=O) groups excluding carboxylic acids is 2. The highest BCUT2D eigenvalue weighted by molar-refractivity contribution is 6.30. The summed E-state index contributed by atoms with van der Waals surface area (Å²) in [6.07, 6.45) is 2.14. The molecule has 8 heteroatoms. The fourth-order valence-corrected chi connectivity index (χ4v) is 3.20. The van der Waals surface area contributed by atoms with E-state index in [-0.39, 0.29) is 30.9 Å². The van der Waals surface area contributed by atoms with Crippen LogP contribution in [0.4, 0.5) is 0 Å². The monoisotopic (exact) mass is 403 g/mol. The van der Waals surface area contributed by atoms with E-state index in [9.17, 15) is 9.59 Å². The number of likely N-dealkylation sites (N-methyl/N-ethyl adjacent to an activating group) is 2. The first-order valence-electron chi connectivity index (χ1n) is 9.05. The summed E-state index contributed by atoms with van der Waals surface area (Å²) in [5.74, 6) is 0.497. The number of amides is 2. The number of hydrazone groups is 1. The molecule has 0 aliphatic carbocycles. The van der Waals surface area contributed by atoms with Crippen molar-refractivity contribution in [2.45, 2.75) is 12.5 Å². The second-order valence-electron chi connectivity index (χ2n) is 7.13. The van der Waals surface area contributed by atoms with Crippen LogP contribution in [0.3, 0.4) is 0 Å². The van der Waals surface area contributed by atoms with Crippen LogP contribution in [0.5, 0.6) is 0 Å². The molecule has 1 aliphatic heterocycles. The number of nitrogens with one attached hydrogen (secondary N) is 1. The molecule has 0 spiro atoms. The van der Waals surface area contributed by atoms with Crippen LogP contribution in [0.15, 0.2) is 52.2 Å². The molecule has 7 nitrogen and oxygen atoms in total.